The smallest absolute Gasteiger partial charge is 0.249 e. The number of hydrogen-bond donors (Lipinski definition) is 1. The van der Waals surface area contributed by atoms with Crippen LogP contribution < -0.4 is 15.0 Å². The predicted molar refractivity (Wildman–Crippen MR) is 99.8 cm³/mol. The van der Waals surface area contributed by atoms with Crippen LogP contribution in [0.1, 0.15) is 20.8 Å². The largest absolute Gasteiger partial charge is 0.489 e. The van der Waals surface area contributed by atoms with Crippen LogP contribution in [0.4, 0.5) is 17.5 Å². The van der Waals surface area contributed by atoms with Crippen LogP contribution in [-0.2, 0) is 4.79 Å². The summed E-state index contributed by atoms with van der Waals surface area (Å²) in [5.41, 5.74) is 0.793. The van der Waals surface area contributed by atoms with E-state index in [2.05, 4.69) is 25.4 Å². The first-order valence-corrected chi connectivity index (χ1v) is 8.76. The summed E-state index contributed by atoms with van der Waals surface area (Å²) >= 11 is 0. The summed E-state index contributed by atoms with van der Waals surface area (Å²) in [6, 6.07) is 7.67. The van der Waals surface area contributed by atoms with E-state index in [9.17, 15) is 4.79 Å². The van der Waals surface area contributed by atoms with Crippen molar-refractivity contribution in [2.24, 2.45) is 0 Å². The summed E-state index contributed by atoms with van der Waals surface area (Å²) in [5.74, 6) is 2.01. The molecule has 138 valence electrons. The van der Waals surface area contributed by atoms with Gasteiger partial charge in [0.15, 0.2) is 5.82 Å². The molecule has 3 rings (SSSR count). The zero-order chi connectivity index (χ0) is 18.5. The number of anilines is 3. The number of rotatable bonds is 5. The Bertz CT molecular complexity index is 759. The van der Waals surface area contributed by atoms with E-state index in [1.54, 1.807) is 13.1 Å². The van der Waals surface area contributed by atoms with E-state index in [4.69, 9.17) is 4.74 Å². The molecule has 0 atom stereocenters. The first kappa shape index (κ1) is 17.9. The quantitative estimate of drug-likeness (QED) is 0.878. The van der Waals surface area contributed by atoms with Gasteiger partial charge in [-0.05, 0) is 26.0 Å². The van der Waals surface area contributed by atoms with Gasteiger partial charge < -0.3 is 19.9 Å². The highest BCUT2D eigenvalue weighted by Crippen LogP contribution is 2.27. The molecule has 0 saturated carbocycles. The van der Waals surface area contributed by atoms with Crippen LogP contribution in [0, 0.1) is 0 Å². The number of ether oxygens (including phenoxy) is 1. The molecule has 1 amide bonds. The Morgan fingerprint density at radius 3 is 2.62 bits per heavy atom. The number of aromatic nitrogens is 3. The van der Waals surface area contributed by atoms with Crippen LogP contribution in [0.25, 0.3) is 0 Å². The lowest BCUT2D eigenvalue weighted by molar-refractivity contribution is -0.129. The van der Waals surface area contributed by atoms with Gasteiger partial charge in [-0.25, -0.2) is 0 Å². The van der Waals surface area contributed by atoms with Gasteiger partial charge in [-0.15, -0.1) is 5.10 Å². The van der Waals surface area contributed by atoms with E-state index >= 15 is 0 Å². The van der Waals surface area contributed by atoms with Crippen molar-refractivity contribution in [3.63, 3.8) is 0 Å². The second-order valence-corrected chi connectivity index (χ2v) is 6.42. The third kappa shape index (κ3) is 4.38. The van der Waals surface area contributed by atoms with E-state index in [1.165, 1.54) is 0 Å². The number of amides is 1. The Kier molecular flexibility index (Phi) is 5.50. The second-order valence-electron chi connectivity index (χ2n) is 6.42. The summed E-state index contributed by atoms with van der Waals surface area (Å²) in [5, 5.41) is 11.3. The number of benzene rings is 1. The second kappa shape index (κ2) is 7.99. The van der Waals surface area contributed by atoms with Crippen LogP contribution in [-0.4, -0.2) is 58.3 Å². The summed E-state index contributed by atoms with van der Waals surface area (Å²) in [6.45, 7) is 8.39. The maximum absolute atomic E-state index is 11.5. The average molecular weight is 356 g/mol. The highest BCUT2D eigenvalue weighted by molar-refractivity contribution is 5.73. The SMILES string of the molecule is CC(=O)N1CCN(c2cnnc(Nc3ccccc3OC(C)C)n2)CC1. The van der Waals surface area contributed by atoms with Crippen molar-refractivity contribution in [2.45, 2.75) is 26.9 Å². The van der Waals surface area contributed by atoms with Gasteiger partial charge in [0.25, 0.3) is 0 Å². The van der Waals surface area contributed by atoms with Gasteiger partial charge in [0.1, 0.15) is 5.75 Å². The van der Waals surface area contributed by atoms with Crippen molar-refractivity contribution in [3.8, 4) is 5.75 Å². The molecule has 0 spiro atoms. The number of carbonyl (C=O) groups excluding carboxylic acids is 1. The molecule has 0 bridgehead atoms. The number of para-hydroxylation sites is 2. The summed E-state index contributed by atoms with van der Waals surface area (Å²) in [6.07, 6.45) is 1.71. The minimum atomic E-state index is 0.0703. The van der Waals surface area contributed by atoms with Gasteiger partial charge in [-0.2, -0.15) is 10.1 Å². The fourth-order valence-corrected chi connectivity index (χ4v) is 2.80. The van der Waals surface area contributed by atoms with Crippen LogP contribution in [0.2, 0.25) is 0 Å². The molecule has 8 heteroatoms. The van der Waals surface area contributed by atoms with Crippen LogP contribution in [0.3, 0.4) is 0 Å². The molecule has 0 aliphatic carbocycles. The number of nitrogens with zero attached hydrogens (tertiary/aromatic N) is 5. The Balaban J connectivity index is 1.72. The fraction of sp³-hybridized carbons (Fsp3) is 0.444. The standard InChI is InChI=1S/C18H24N6O2/c1-13(2)26-16-7-5-4-6-15(16)20-18-21-17(12-19-22-18)24-10-8-23(9-11-24)14(3)25/h4-7,12-13H,8-11H2,1-3H3,(H,20,21,22). The minimum absolute atomic E-state index is 0.0703. The molecule has 0 unspecified atom stereocenters. The Morgan fingerprint density at radius 1 is 1.19 bits per heavy atom. The molecule has 1 aliphatic heterocycles. The molecule has 2 heterocycles. The predicted octanol–water partition coefficient (Wildman–Crippen LogP) is 2.07. The first-order valence-electron chi connectivity index (χ1n) is 8.76. The topological polar surface area (TPSA) is 83.5 Å². The van der Waals surface area contributed by atoms with Gasteiger partial charge in [0.2, 0.25) is 11.9 Å². The molecule has 1 aromatic carbocycles. The maximum atomic E-state index is 11.5. The zero-order valence-corrected chi connectivity index (χ0v) is 15.3. The molecule has 1 aromatic heterocycles. The molecule has 2 aromatic rings. The zero-order valence-electron chi connectivity index (χ0n) is 15.3. The highest BCUT2D eigenvalue weighted by atomic mass is 16.5. The summed E-state index contributed by atoms with van der Waals surface area (Å²) in [4.78, 5) is 20.0. The van der Waals surface area contributed by atoms with Crippen molar-refractivity contribution in [2.75, 3.05) is 36.4 Å². The molecule has 8 nitrogen and oxygen atoms in total. The van der Waals surface area contributed by atoms with E-state index in [0.717, 1.165) is 30.3 Å². The van der Waals surface area contributed by atoms with Crippen molar-refractivity contribution in [3.05, 3.63) is 30.5 Å². The van der Waals surface area contributed by atoms with E-state index < -0.39 is 0 Å². The average Bonchev–Trinajstić information content (AvgIpc) is 2.63. The van der Waals surface area contributed by atoms with E-state index in [0.29, 0.717) is 19.0 Å². The van der Waals surface area contributed by atoms with Crippen LogP contribution in [0.5, 0.6) is 5.75 Å². The molecular formula is C18H24N6O2. The number of nitrogens with one attached hydrogen (secondary N) is 1. The Hall–Kier alpha value is -2.90. The summed E-state index contributed by atoms with van der Waals surface area (Å²) in [7, 11) is 0. The van der Waals surface area contributed by atoms with Gasteiger partial charge >= 0.3 is 0 Å². The van der Waals surface area contributed by atoms with Crippen molar-refractivity contribution < 1.29 is 9.53 Å². The molecule has 0 radical (unpaired) electrons. The van der Waals surface area contributed by atoms with E-state index in [1.807, 2.05) is 43.0 Å². The molecule has 1 saturated heterocycles. The van der Waals surface area contributed by atoms with Crippen molar-refractivity contribution in [1.82, 2.24) is 20.1 Å². The van der Waals surface area contributed by atoms with Gasteiger partial charge in [0, 0.05) is 33.1 Å². The molecule has 1 aliphatic rings. The number of hydrogen-bond acceptors (Lipinski definition) is 7. The van der Waals surface area contributed by atoms with Crippen molar-refractivity contribution in [1.29, 1.82) is 0 Å². The monoisotopic (exact) mass is 356 g/mol. The van der Waals surface area contributed by atoms with Gasteiger partial charge in [-0.1, -0.05) is 12.1 Å². The Morgan fingerprint density at radius 2 is 1.92 bits per heavy atom. The van der Waals surface area contributed by atoms with Crippen molar-refractivity contribution >= 4 is 23.4 Å². The highest BCUT2D eigenvalue weighted by Gasteiger charge is 2.20. The molecule has 1 N–H and O–H groups in total. The lowest BCUT2D eigenvalue weighted by Gasteiger charge is -2.34. The molecular weight excluding hydrogens is 332 g/mol. The number of carbonyl (C=O) groups is 1. The lowest BCUT2D eigenvalue weighted by atomic mass is 10.3. The Labute approximate surface area is 153 Å². The number of piperazine rings is 1. The third-order valence-electron chi connectivity index (χ3n) is 4.09. The third-order valence-corrected chi connectivity index (χ3v) is 4.09. The maximum Gasteiger partial charge on any atom is 0.249 e. The van der Waals surface area contributed by atoms with Crippen LogP contribution >= 0.6 is 0 Å². The normalized spacial score (nSPS) is 14.5. The van der Waals surface area contributed by atoms with E-state index in [-0.39, 0.29) is 12.0 Å². The molecule has 26 heavy (non-hydrogen) atoms. The first-order chi connectivity index (χ1) is 12.5. The summed E-state index contributed by atoms with van der Waals surface area (Å²) < 4.78 is 5.81. The fourth-order valence-electron chi connectivity index (χ4n) is 2.80. The van der Waals surface area contributed by atoms with Gasteiger partial charge in [-0.3, -0.25) is 4.79 Å². The minimum Gasteiger partial charge on any atom is -0.489 e. The lowest BCUT2D eigenvalue weighted by Crippen LogP contribution is -2.48. The van der Waals surface area contributed by atoms with Crippen LogP contribution in [0.15, 0.2) is 30.5 Å². The van der Waals surface area contributed by atoms with Gasteiger partial charge in [0.05, 0.1) is 18.0 Å². The molecule has 1 fully saturated rings.